The van der Waals surface area contributed by atoms with Crippen LogP contribution in [0.25, 0.3) is 0 Å². The minimum atomic E-state index is -0.383. The lowest BCUT2D eigenvalue weighted by atomic mass is 10.2. The van der Waals surface area contributed by atoms with Crippen LogP contribution in [0.1, 0.15) is 60.8 Å². The van der Waals surface area contributed by atoms with Gasteiger partial charge < -0.3 is 20.1 Å². The summed E-state index contributed by atoms with van der Waals surface area (Å²) in [5.74, 6) is -1.35. The zero-order chi connectivity index (χ0) is 22.4. The Hall–Kier alpha value is -2.64. The van der Waals surface area contributed by atoms with E-state index in [1.807, 2.05) is 27.7 Å². The van der Waals surface area contributed by atoms with Gasteiger partial charge in [0.25, 0.3) is 0 Å². The third-order valence-electron chi connectivity index (χ3n) is 4.22. The number of carbonyl (C=O) groups excluding carboxylic acids is 4. The SMILES string of the molecule is CC(C)=C(C)C(=O)OCCCNC(=O)CNC(=O)CCCOC(=O)C(C)=C(C)C. The molecule has 0 aromatic carbocycles. The van der Waals surface area contributed by atoms with Crippen molar-refractivity contribution in [3.05, 3.63) is 22.3 Å². The van der Waals surface area contributed by atoms with Crippen LogP contribution in [0.3, 0.4) is 0 Å². The van der Waals surface area contributed by atoms with Gasteiger partial charge in [0.1, 0.15) is 0 Å². The van der Waals surface area contributed by atoms with Gasteiger partial charge in [0, 0.05) is 24.1 Å². The summed E-state index contributed by atoms with van der Waals surface area (Å²) >= 11 is 0. The van der Waals surface area contributed by atoms with Gasteiger partial charge in [0.2, 0.25) is 11.8 Å². The molecule has 8 nitrogen and oxygen atoms in total. The summed E-state index contributed by atoms with van der Waals surface area (Å²) in [5, 5.41) is 5.14. The van der Waals surface area contributed by atoms with Crippen LogP contribution in [0.15, 0.2) is 22.3 Å². The molecule has 164 valence electrons. The van der Waals surface area contributed by atoms with Crippen molar-refractivity contribution in [1.29, 1.82) is 0 Å². The minimum absolute atomic E-state index is 0.133. The molecule has 0 aliphatic carbocycles. The Balaban J connectivity index is 3.81. The maximum atomic E-state index is 11.7. The lowest BCUT2D eigenvalue weighted by molar-refractivity contribution is -0.140. The molecule has 0 fully saturated rings. The zero-order valence-electron chi connectivity index (χ0n) is 18.4. The van der Waals surface area contributed by atoms with E-state index in [-0.39, 0.29) is 49.9 Å². The van der Waals surface area contributed by atoms with Crippen LogP contribution >= 0.6 is 0 Å². The Bertz CT molecular complexity index is 656. The highest BCUT2D eigenvalue weighted by atomic mass is 16.5. The summed E-state index contributed by atoms with van der Waals surface area (Å²) < 4.78 is 10.2. The van der Waals surface area contributed by atoms with Gasteiger partial charge in [0.15, 0.2) is 0 Å². The Morgan fingerprint density at radius 1 is 0.655 bits per heavy atom. The molecule has 0 saturated carbocycles. The van der Waals surface area contributed by atoms with E-state index in [0.29, 0.717) is 30.5 Å². The van der Waals surface area contributed by atoms with Gasteiger partial charge in [-0.1, -0.05) is 11.1 Å². The first-order valence-corrected chi connectivity index (χ1v) is 9.72. The first kappa shape index (κ1) is 26.4. The second-order valence-corrected chi connectivity index (χ2v) is 7.11. The summed E-state index contributed by atoms with van der Waals surface area (Å²) in [5.41, 5.74) is 2.94. The number of hydrogen-bond donors (Lipinski definition) is 2. The number of hydrogen-bond acceptors (Lipinski definition) is 6. The van der Waals surface area contributed by atoms with Gasteiger partial charge in [-0.15, -0.1) is 0 Å². The van der Waals surface area contributed by atoms with Gasteiger partial charge in [0.05, 0.1) is 19.8 Å². The van der Waals surface area contributed by atoms with E-state index < -0.39 is 0 Å². The topological polar surface area (TPSA) is 111 Å². The second kappa shape index (κ2) is 14.4. The van der Waals surface area contributed by atoms with Crippen molar-refractivity contribution in [3.63, 3.8) is 0 Å². The molecule has 0 rings (SSSR count). The molecule has 0 saturated heterocycles. The molecule has 0 spiro atoms. The first-order chi connectivity index (χ1) is 13.6. The predicted octanol–water partition coefficient (Wildman–Crippen LogP) is 2.19. The van der Waals surface area contributed by atoms with E-state index >= 15 is 0 Å². The number of esters is 2. The van der Waals surface area contributed by atoms with Gasteiger partial charge >= 0.3 is 11.9 Å². The van der Waals surface area contributed by atoms with Crippen LogP contribution in [-0.4, -0.2) is 50.1 Å². The third-order valence-corrected chi connectivity index (χ3v) is 4.22. The van der Waals surface area contributed by atoms with E-state index in [1.54, 1.807) is 13.8 Å². The molecule has 0 aliphatic rings. The largest absolute Gasteiger partial charge is 0.462 e. The van der Waals surface area contributed by atoms with Crippen LogP contribution in [0, 0.1) is 0 Å². The van der Waals surface area contributed by atoms with Crippen molar-refractivity contribution < 1.29 is 28.7 Å². The highest BCUT2D eigenvalue weighted by Crippen LogP contribution is 2.05. The highest BCUT2D eigenvalue weighted by Gasteiger charge is 2.09. The Morgan fingerprint density at radius 3 is 1.62 bits per heavy atom. The Morgan fingerprint density at radius 2 is 1.14 bits per heavy atom. The predicted molar refractivity (Wildman–Crippen MR) is 110 cm³/mol. The normalized spacial score (nSPS) is 9.86. The molecule has 8 heteroatoms. The van der Waals surface area contributed by atoms with Crippen LogP contribution in [0.5, 0.6) is 0 Å². The molecule has 29 heavy (non-hydrogen) atoms. The summed E-state index contributed by atoms with van der Waals surface area (Å²) in [7, 11) is 0. The summed E-state index contributed by atoms with van der Waals surface area (Å²) in [6.07, 6.45) is 1.03. The molecule has 0 radical (unpaired) electrons. The van der Waals surface area contributed by atoms with Gasteiger partial charge in [-0.2, -0.15) is 0 Å². The lowest BCUT2D eigenvalue weighted by Crippen LogP contribution is -2.37. The van der Waals surface area contributed by atoms with E-state index in [4.69, 9.17) is 9.47 Å². The molecule has 2 N–H and O–H groups in total. The van der Waals surface area contributed by atoms with Gasteiger partial charge in [-0.3, -0.25) is 9.59 Å². The van der Waals surface area contributed by atoms with Crippen molar-refractivity contribution in [2.75, 3.05) is 26.3 Å². The molecule has 2 amide bonds. The van der Waals surface area contributed by atoms with Crippen LogP contribution < -0.4 is 10.6 Å². The molecule has 0 unspecified atom stereocenters. The van der Waals surface area contributed by atoms with Gasteiger partial charge in [-0.05, 0) is 54.4 Å². The van der Waals surface area contributed by atoms with Crippen LogP contribution in [0.2, 0.25) is 0 Å². The Kier molecular flexibility index (Phi) is 13.1. The average Bonchev–Trinajstić information content (AvgIpc) is 2.67. The van der Waals surface area contributed by atoms with Crippen LogP contribution in [0.4, 0.5) is 0 Å². The Labute approximate surface area is 173 Å². The number of allylic oxidation sites excluding steroid dienone is 2. The van der Waals surface area contributed by atoms with Crippen molar-refractivity contribution in [2.24, 2.45) is 0 Å². The average molecular weight is 411 g/mol. The smallest absolute Gasteiger partial charge is 0.333 e. The van der Waals surface area contributed by atoms with Crippen molar-refractivity contribution >= 4 is 23.8 Å². The molecule has 0 atom stereocenters. The molecule has 0 aromatic rings. The lowest BCUT2D eigenvalue weighted by Gasteiger charge is -2.09. The third kappa shape index (κ3) is 12.4. The fourth-order valence-electron chi connectivity index (χ4n) is 1.82. The van der Waals surface area contributed by atoms with Gasteiger partial charge in [-0.25, -0.2) is 9.59 Å². The fraction of sp³-hybridized carbons (Fsp3) is 0.619. The van der Waals surface area contributed by atoms with E-state index in [0.717, 1.165) is 11.1 Å². The second-order valence-electron chi connectivity index (χ2n) is 7.11. The highest BCUT2D eigenvalue weighted by molar-refractivity contribution is 5.89. The van der Waals surface area contributed by atoms with Crippen molar-refractivity contribution in [1.82, 2.24) is 10.6 Å². The first-order valence-electron chi connectivity index (χ1n) is 9.72. The molecule has 0 aliphatic heterocycles. The monoisotopic (exact) mass is 410 g/mol. The van der Waals surface area contributed by atoms with Crippen molar-refractivity contribution in [3.8, 4) is 0 Å². The number of amides is 2. The maximum Gasteiger partial charge on any atom is 0.333 e. The van der Waals surface area contributed by atoms with Crippen LogP contribution in [-0.2, 0) is 28.7 Å². The molecular formula is C21H34N2O6. The minimum Gasteiger partial charge on any atom is -0.462 e. The number of carbonyl (C=O) groups is 4. The van der Waals surface area contributed by atoms with E-state index in [2.05, 4.69) is 10.6 Å². The summed E-state index contributed by atoms with van der Waals surface area (Å²) in [6, 6.07) is 0. The summed E-state index contributed by atoms with van der Waals surface area (Å²) in [4.78, 5) is 46.6. The zero-order valence-corrected chi connectivity index (χ0v) is 18.4. The number of nitrogens with one attached hydrogen (secondary N) is 2. The van der Waals surface area contributed by atoms with Crippen molar-refractivity contribution in [2.45, 2.75) is 60.8 Å². The number of ether oxygens (including phenoxy) is 2. The molecule has 0 aromatic heterocycles. The standard InChI is InChI=1S/C21H34N2O6/c1-14(2)16(5)20(26)28-11-7-9-18(24)23-13-19(25)22-10-8-12-29-21(27)17(6)15(3)4/h7-13H2,1-6H3,(H,22,25)(H,23,24). The number of rotatable bonds is 12. The molecule has 0 heterocycles. The fourth-order valence-corrected chi connectivity index (χ4v) is 1.82. The molecular weight excluding hydrogens is 376 g/mol. The molecule has 0 bridgehead atoms. The summed E-state index contributed by atoms with van der Waals surface area (Å²) in [6.45, 7) is 11.3. The maximum absolute atomic E-state index is 11.7. The quantitative estimate of drug-likeness (QED) is 0.290. The van der Waals surface area contributed by atoms with E-state index in [9.17, 15) is 19.2 Å². The van der Waals surface area contributed by atoms with E-state index in [1.165, 1.54) is 0 Å².